The Morgan fingerprint density at radius 2 is 2.00 bits per heavy atom. The SMILES string of the molecule is COC1(OC)OCCNC1C.Cl. The number of morpholine rings is 1. The minimum atomic E-state index is -0.891. The van der Waals surface area contributed by atoms with Gasteiger partial charge in [-0.1, -0.05) is 0 Å². The molecule has 4 nitrogen and oxygen atoms in total. The molecule has 1 aliphatic heterocycles. The van der Waals surface area contributed by atoms with Crippen molar-refractivity contribution in [1.29, 1.82) is 0 Å². The lowest BCUT2D eigenvalue weighted by Gasteiger charge is -2.39. The average Bonchev–Trinajstić information content (AvgIpc) is 2.06. The predicted octanol–water partition coefficient (Wildman–Crippen LogP) is 0.363. The van der Waals surface area contributed by atoms with Crippen LogP contribution in [0.15, 0.2) is 0 Å². The van der Waals surface area contributed by atoms with Crippen LogP contribution in [0.1, 0.15) is 6.92 Å². The van der Waals surface area contributed by atoms with Crippen LogP contribution in [0.5, 0.6) is 0 Å². The third-order valence-electron chi connectivity index (χ3n) is 1.96. The summed E-state index contributed by atoms with van der Waals surface area (Å²) in [5.41, 5.74) is 0. The number of rotatable bonds is 2. The minimum absolute atomic E-state index is 0. The van der Waals surface area contributed by atoms with Crippen molar-refractivity contribution in [2.45, 2.75) is 18.9 Å². The van der Waals surface area contributed by atoms with Crippen LogP contribution >= 0.6 is 12.4 Å². The Morgan fingerprint density at radius 3 is 2.33 bits per heavy atom. The maximum Gasteiger partial charge on any atom is 0.298 e. The summed E-state index contributed by atoms with van der Waals surface area (Å²) >= 11 is 0. The van der Waals surface area contributed by atoms with Gasteiger partial charge in [0.25, 0.3) is 5.97 Å². The van der Waals surface area contributed by atoms with E-state index in [4.69, 9.17) is 14.2 Å². The topological polar surface area (TPSA) is 39.7 Å². The minimum Gasteiger partial charge on any atom is -0.330 e. The molecule has 0 saturated carbocycles. The molecule has 74 valence electrons. The third-order valence-corrected chi connectivity index (χ3v) is 1.96. The largest absolute Gasteiger partial charge is 0.330 e. The van der Waals surface area contributed by atoms with Gasteiger partial charge in [0, 0.05) is 20.8 Å². The predicted molar refractivity (Wildman–Crippen MR) is 47.4 cm³/mol. The highest BCUT2D eigenvalue weighted by Crippen LogP contribution is 2.20. The summed E-state index contributed by atoms with van der Waals surface area (Å²) in [6.45, 7) is 3.42. The molecule has 1 N–H and O–H groups in total. The molecule has 1 fully saturated rings. The van der Waals surface area contributed by atoms with Crippen molar-refractivity contribution in [2.75, 3.05) is 27.4 Å². The van der Waals surface area contributed by atoms with Crippen molar-refractivity contribution in [3.8, 4) is 0 Å². The fraction of sp³-hybridized carbons (Fsp3) is 1.00. The molecule has 1 aliphatic rings. The highest BCUT2D eigenvalue weighted by Gasteiger charge is 2.40. The highest BCUT2D eigenvalue weighted by atomic mass is 35.5. The van der Waals surface area contributed by atoms with Gasteiger partial charge >= 0.3 is 0 Å². The van der Waals surface area contributed by atoms with Crippen molar-refractivity contribution in [1.82, 2.24) is 5.32 Å². The average molecular weight is 198 g/mol. The van der Waals surface area contributed by atoms with E-state index in [-0.39, 0.29) is 18.4 Å². The van der Waals surface area contributed by atoms with E-state index >= 15 is 0 Å². The van der Waals surface area contributed by atoms with Gasteiger partial charge in [0.05, 0.1) is 12.6 Å². The van der Waals surface area contributed by atoms with Gasteiger partial charge in [0.2, 0.25) is 0 Å². The van der Waals surface area contributed by atoms with Crippen molar-refractivity contribution in [3.05, 3.63) is 0 Å². The van der Waals surface area contributed by atoms with Gasteiger partial charge in [0.15, 0.2) is 0 Å². The van der Waals surface area contributed by atoms with Crippen molar-refractivity contribution in [2.24, 2.45) is 0 Å². The molecule has 1 unspecified atom stereocenters. The molecule has 5 heteroatoms. The van der Waals surface area contributed by atoms with E-state index in [1.165, 1.54) is 0 Å². The monoisotopic (exact) mass is 197 g/mol. The van der Waals surface area contributed by atoms with E-state index in [0.29, 0.717) is 6.61 Å². The lowest BCUT2D eigenvalue weighted by molar-refractivity contribution is -0.383. The Bertz CT molecular complexity index is 130. The smallest absolute Gasteiger partial charge is 0.298 e. The maximum atomic E-state index is 5.37. The molecule has 0 amide bonds. The number of methoxy groups -OCH3 is 2. The summed E-state index contributed by atoms with van der Waals surface area (Å²) in [5.74, 6) is -0.891. The first-order valence-electron chi connectivity index (χ1n) is 3.73. The van der Waals surface area contributed by atoms with E-state index < -0.39 is 5.97 Å². The molecule has 0 aromatic heterocycles. The molecule has 1 atom stereocenters. The number of halogens is 1. The second-order valence-corrected chi connectivity index (χ2v) is 2.54. The third kappa shape index (κ3) is 2.08. The van der Waals surface area contributed by atoms with Crippen molar-refractivity contribution in [3.63, 3.8) is 0 Å². The van der Waals surface area contributed by atoms with Crippen LogP contribution < -0.4 is 5.32 Å². The van der Waals surface area contributed by atoms with Gasteiger partial charge in [-0.05, 0) is 6.92 Å². The van der Waals surface area contributed by atoms with Gasteiger partial charge in [-0.2, -0.15) is 0 Å². The van der Waals surface area contributed by atoms with Gasteiger partial charge in [-0.25, -0.2) is 0 Å². The lowest BCUT2D eigenvalue weighted by Crippen LogP contribution is -2.58. The molecule has 1 saturated heterocycles. The Morgan fingerprint density at radius 1 is 1.42 bits per heavy atom. The Labute approximate surface area is 79.0 Å². The quantitative estimate of drug-likeness (QED) is 0.650. The van der Waals surface area contributed by atoms with Gasteiger partial charge in [-0.15, -0.1) is 12.4 Å². The highest BCUT2D eigenvalue weighted by molar-refractivity contribution is 5.85. The molecular formula is C7H16ClNO3. The molecule has 0 spiro atoms. The summed E-state index contributed by atoms with van der Waals surface area (Å²) in [4.78, 5) is 0. The zero-order valence-electron chi connectivity index (χ0n) is 7.62. The fourth-order valence-corrected chi connectivity index (χ4v) is 1.27. The first-order valence-corrected chi connectivity index (χ1v) is 3.73. The van der Waals surface area contributed by atoms with E-state index in [9.17, 15) is 0 Å². The number of nitrogens with one attached hydrogen (secondary N) is 1. The number of hydrogen-bond donors (Lipinski definition) is 1. The van der Waals surface area contributed by atoms with Crippen LogP contribution in [0, 0.1) is 0 Å². The molecule has 0 bridgehead atoms. The number of ether oxygens (including phenoxy) is 3. The molecule has 0 aromatic rings. The van der Waals surface area contributed by atoms with Crippen LogP contribution in [0.25, 0.3) is 0 Å². The first-order chi connectivity index (χ1) is 5.25. The number of hydrogen-bond acceptors (Lipinski definition) is 4. The fourth-order valence-electron chi connectivity index (χ4n) is 1.27. The Balaban J connectivity index is 0.00000121. The second-order valence-electron chi connectivity index (χ2n) is 2.54. The zero-order chi connectivity index (χ0) is 8.32. The summed E-state index contributed by atoms with van der Waals surface area (Å²) in [5, 5.41) is 3.20. The Kier molecular flexibility index (Phi) is 5.04. The van der Waals surface area contributed by atoms with Crippen molar-refractivity contribution >= 4 is 12.4 Å². The van der Waals surface area contributed by atoms with Crippen LogP contribution in [-0.2, 0) is 14.2 Å². The lowest BCUT2D eigenvalue weighted by atomic mass is 10.2. The van der Waals surface area contributed by atoms with E-state index in [0.717, 1.165) is 6.54 Å². The summed E-state index contributed by atoms with van der Waals surface area (Å²) < 4.78 is 15.6. The summed E-state index contributed by atoms with van der Waals surface area (Å²) in [6.07, 6.45) is 0. The second kappa shape index (κ2) is 4.99. The standard InChI is InChI=1S/C7H15NO3.ClH/c1-6-7(9-2,10-3)11-5-4-8-6;/h6,8H,4-5H2,1-3H3;1H. The van der Waals surface area contributed by atoms with Crippen LogP contribution in [0.4, 0.5) is 0 Å². The molecule has 1 heterocycles. The zero-order valence-corrected chi connectivity index (χ0v) is 8.44. The van der Waals surface area contributed by atoms with Gasteiger partial charge < -0.3 is 19.5 Å². The first kappa shape index (κ1) is 12.1. The molecule has 12 heavy (non-hydrogen) atoms. The summed E-state index contributed by atoms with van der Waals surface area (Å²) in [6, 6.07) is 0.0613. The van der Waals surface area contributed by atoms with Crippen molar-refractivity contribution < 1.29 is 14.2 Å². The van der Waals surface area contributed by atoms with Gasteiger partial charge in [0.1, 0.15) is 0 Å². The maximum absolute atomic E-state index is 5.37. The van der Waals surface area contributed by atoms with E-state index in [1.54, 1.807) is 14.2 Å². The molecule has 1 rings (SSSR count). The van der Waals surface area contributed by atoms with Crippen LogP contribution in [0.2, 0.25) is 0 Å². The summed E-state index contributed by atoms with van der Waals surface area (Å²) in [7, 11) is 3.15. The molecule has 0 aliphatic carbocycles. The molecule has 0 radical (unpaired) electrons. The van der Waals surface area contributed by atoms with E-state index in [1.807, 2.05) is 6.92 Å². The van der Waals surface area contributed by atoms with Gasteiger partial charge in [-0.3, -0.25) is 0 Å². The van der Waals surface area contributed by atoms with Crippen LogP contribution in [-0.4, -0.2) is 39.4 Å². The molecular weight excluding hydrogens is 182 g/mol. The van der Waals surface area contributed by atoms with Crippen LogP contribution in [0.3, 0.4) is 0 Å². The normalized spacial score (nSPS) is 27.8. The Hall–Kier alpha value is 0.130. The van der Waals surface area contributed by atoms with E-state index in [2.05, 4.69) is 5.32 Å². The molecule has 0 aromatic carbocycles.